The molecule has 18 heavy (non-hydrogen) atoms. The molecule has 0 aromatic carbocycles. The van der Waals surface area contributed by atoms with Crippen molar-refractivity contribution in [3.05, 3.63) is 30.2 Å². The second-order valence-electron chi connectivity index (χ2n) is 4.22. The second kappa shape index (κ2) is 5.93. The van der Waals surface area contributed by atoms with Gasteiger partial charge in [-0.05, 0) is 31.5 Å². The average Bonchev–Trinajstić information content (AvgIpc) is 2.90. The summed E-state index contributed by atoms with van der Waals surface area (Å²) in [5.74, 6) is 1.66. The Kier molecular flexibility index (Phi) is 4.28. The summed E-state index contributed by atoms with van der Waals surface area (Å²) in [5.41, 5.74) is 0.731. The van der Waals surface area contributed by atoms with Gasteiger partial charge in [0.15, 0.2) is 5.82 Å². The van der Waals surface area contributed by atoms with E-state index in [9.17, 15) is 0 Å². The molecule has 1 atom stereocenters. The molecule has 0 unspecified atom stereocenters. The summed E-state index contributed by atoms with van der Waals surface area (Å²) in [5, 5.41) is 7.40. The number of piperidine rings is 1. The predicted octanol–water partition coefficient (Wildman–Crippen LogP) is 2.02. The molecule has 3 rings (SSSR count). The monoisotopic (exact) mass is 266 g/mol. The van der Waals surface area contributed by atoms with Crippen molar-refractivity contribution in [1.82, 2.24) is 20.4 Å². The van der Waals surface area contributed by atoms with E-state index in [2.05, 4.69) is 20.4 Å². The zero-order valence-corrected chi connectivity index (χ0v) is 10.7. The van der Waals surface area contributed by atoms with Gasteiger partial charge in [-0.15, -0.1) is 12.4 Å². The number of hydrogen-bond donors (Lipinski definition) is 1. The number of rotatable bonds is 2. The summed E-state index contributed by atoms with van der Waals surface area (Å²) in [6.45, 7) is 2.02. The Morgan fingerprint density at radius 3 is 3.00 bits per heavy atom. The Bertz CT molecular complexity index is 482. The lowest BCUT2D eigenvalue weighted by Crippen LogP contribution is -2.28. The van der Waals surface area contributed by atoms with E-state index < -0.39 is 0 Å². The van der Waals surface area contributed by atoms with Crippen LogP contribution in [-0.4, -0.2) is 28.2 Å². The van der Waals surface area contributed by atoms with E-state index in [1.54, 1.807) is 6.20 Å². The summed E-state index contributed by atoms with van der Waals surface area (Å²) in [7, 11) is 0. The standard InChI is InChI=1S/C12H14N4O.ClH/c1-2-7-14-10(5-1)12-15-11(16-17-12)9-4-3-6-13-8-9;/h1-2,5,7,9,13H,3-4,6,8H2;1H/t9-;/m0./s1. The molecule has 0 radical (unpaired) electrons. The Morgan fingerprint density at radius 1 is 1.33 bits per heavy atom. The van der Waals surface area contributed by atoms with E-state index >= 15 is 0 Å². The van der Waals surface area contributed by atoms with Crippen LogP contribution in [0.1, 0.15) is 24.6 Å². The quantitative estimate of drug-likeness (QED) is 0.901. The highest BCUT2D eigenvalue weighted by molar-refractivity contribution is 5.85. The molecule has 2 aromatic heterocycles. The van der Waals surface area contributed by atoms with Crippen molar-refractivity contribution in [3.63, 3.8) is 0 Å². The van der Waals surface area contributed by atoms with Gasteiger partial charge in [-0.2, -0.15) is 4.98 Å². The molecule has 1 saturated heterocycles. The fraction of sp³-hybridized carbons (Fsp3) is 0.417. The summed E-state index contributed by atoms with van der Waals surface area (Å²) < 4.78 is 5.25. The Morgan fingerprint density at radius 2 is 2.28 bits per heavy atom. The van der Waals surface area contributed by atoms with Crippen molar-refractivity contribution in [3.8, 4) is 11.6 Å². The summed E-state index contributed by atoms with van der Waals surface area (Å²) in [6.07, 6.45) is 4.01. The maximum Gasteiger partial charge on any atom is 0.276 e. The van der Waals surface area contributed by atoms with E-state index in [0.29, 0.717) is 11.8 Å². The highest BCUT2D eigenvalue weighted by Crippen LogP contribution is 2.22. The Labute approximate surface area is 111 Å². The number of pyridine rings is 1. The molecule has 1 aliphatic rings. The van der Waals surface area contributed by atoms with E-state index in [4.69, 9.17) is 4.52 Å². The first-order valence-electron chi connectivity index (χ1n) is 5.89. The van der Waals surface area contributed by atoms with Crippen LogP contribution in [0.4, 0.5) is 0 Å². The fourth-order valence-electron chi connectivity index (χ4n) is 2.07. The van der Waals surface area contributed by atoms with E-state index in [0.717, 1.165) is 37.4 Å². The maximum atomic E-state index is 5.25. The van der Waals surface area contributed by atoms with E-state index in [-0.39, 0.29) is 12.4 Å². The van der Waals surface area contributed by atoms with Gasteiger partial charge in [0.05, 0.1) is 0 Å². The van der Waals surface area contributed by atoms with Crippen LogP contribution in [0.3, 0.4) is 0 Å². The zero-order valence-electron chi connectivity index (χ0n) is 9.87. The topological polar surface area (TPSA) is 63.8 Å². The molecule has 1 fully saturated rings. The third-order valence-electron chi connectivity index (χ3n) is 2.99. The van der Waals surface area contributed by atoms with Gasteiger partial charge in [0.25, 0.3) is 5.89 Å². The van der Waals surface area contributed by atoms with Crippen LogP contribution >= 0.6 is 12.4 Å². The van der Waals surface area contributed by atoms with Crippen LogP contribution in [0.15, 0.2) is 28.9 Å². The molecule has 6 heteroatoms. The lowest BCUT2D eigenvalue weighted by Gasteiger charge is -2.19. The lowest BCUT2D eigenvalue weighted by molar-refractivity contribution is 0.392. The van der Waals surface area contributed by atoms with Gasteiger partial charge in [0.2, 0.25) is 0 Å². The minimum absolute atomic E-state index is 0. The molecule has 0 aliphatic carbocycles. The van der Waals surface area contributed by atoms with Gasteiger partial charge >= 0.3 is 0 Å². The molecule has 5 nitrogen and oxygen atoms in total. The molecule has 96 valence electrons. The largest absolute Gasteiger partial charge is 0.332 e. The summed E-state index contributed by atoms with van der Waals surface area (Å²) >= 11 is 0. The van der Waals surface area contributed by atoms with Gasteiger partial charge in [0, 0.05) is 18.7 Å². The number of aromatic nitrogens is 3. The average molecular weight is 267 g/mol. The first kappa shape index (κ1) is 13.0. The van der Waals surface area contributed by atoms with E-state index in [1.165, 1.54) is 0 Å². The third kappa shape index (κ3) is 2.68. The predicted molar refractivity (Wildman–Crippen MR) is 69.6 cm³/mol. The van der Waals surface area contributed by atoms with Crippen LogP contribution < -0.4 is 5.32 Å². The fourth-order valence-corrected chi connectivity index (χ4v) is 2.07. The minimum Gasteiger partial charge on any atom is -0.332 e. The van der Waals surface area contributed by atoms with Crippen molar-refractivity contribution in [2.45, 2.75) is 18.8 Å². The molecule has 1 N–H and O–H groups in total. The van der Waals surface area contributed by atoms with Gasteiger partial charge in [-0.25, -0.2) is 0 Å². The van der Waals surface area contributed by atoms with Crippen molar-refractivity contribution in [2.24, 2.45) is 0 Å². The van der Waals surface area contributed by atoms with Crippen molar-refractivity contribution in [2.75, 3.05) is 13.1 Å². The van der Waals surface area contributed by atoms with Crippen molar-refractivity contribution >= 4 is 12.4 Å². The number of hydrogen-bond acceptors (Lipinski definition) is 5. The van der Waals surface area contributed by atoms with Gasteiger partial charge in [-0.1, -0.05) is 11.2 Å². The van der Waals surface area contributed by atoms with Crippen LogP contribution in [0.5, 0.6) is 0 Å². The molecule has 0 spiro atoms. The maximum absolute atomic E-state index is 5.25. The molecule has 0 bridgehead atoms. The summed E-state index contributed by atoms with van der Waals surface area (Å²) in [6, 6.07) is 5.65. The number of nitrogens with one attached hydrogen (secondary N) is 1. The first-order valence-corrected chi connectivity index (χ1v) is 5.89. The SMILES string of the molecule is Cl.c1ccc(-c2nc([C@H]3CCCNC3)no2)nc1. The van der Waals surface area contributed by atoms with Crippen LogP contribution in [-0.2, 0) is 0 Å². The Balaban J connectivity index is 0.00000120. The van der Waals surface area contributed by atoms with E-state index in [1.807, 2.05) is 18.2 Å². The molecular formula is C12H15ClN4O. The molecule has 1 aliphatic heterocycles. The van der Waals surface area contributed by atoms with Crippen molar-refractivity contribution < 1.29 is 4.52 Å². The number of halogens is 1. The van der Waals surface area contributed by atoms with Gasteiger partial charge in [0.1, 0.15) is 5.69 Å². The second-order valence-corrected chi connectivity index (χ2v) is 4.22. The highest BCUT2D eigenvalue weighted by atomic mass is 35.5. The number of nitrogens with zero attached hydrogens (tertiary/aromatic N) is 3. The minimum atomic E-state index is 0. The molecule has 3 heterocycles. The molecule has 0 saturated carbocycles. The van der Waals surface area contributed by atoms with Crippen LogP contribution in [0, 0.1) is 0 Å². The zero-order chi connectivity index (χ0) is 11.5. The molecule has 0 amide bonds. The smallest absolute Gasteiger partial charge is 0.276 e. The van der Waals surface area contributed by atoms with Gasteiger partial charge in [-0.3, -0.25) is 4.98 Å². The molecule has 2 aromatic rings. The Hall–Kier alpha value is -1.46. The van der Waals surface area contributed by atoms with Crippen LogP contribution in [0.2, 0.25) is 0 Å². The lowest BCUT2D eigenvalue weighted by atomic mass is 9.99. The molecular weight excluding hydrogens is 252 g/mol. The van der Waals surface area contributed by atoms with Gasteiger partial charge < -0.3 is 9.84 Å². The van der Waals surface area contributed by atoms with Crippen LogP contribution in [0.25, 0.3) is 11.6 Å². The first-order chi connectivity index (χ1) is 8.43. The third-order valence-corrected chi connectivity index (χ3v) is 2.99. The highest BCUT2D eigenvalue weighted by Gasteiger charge is 2.21. The summed E-state index contributed by atoms with van der Waals surface area (Å²) in [4.78, 5) is 8.62. The normalized spacial score (nSPS) is 19.2. The van der Waals surface area contributed by atoms with Crippen molar-refractivity contribution in [1.29, 1.82) is 0 Å².